The van der Waals surface area contributed by atoms with Crippen molar-refractivity contribution in [3.63, 3.8) is 0 Å². The van der Waals surface area contributed by atoms with E-state index in [0.29, 0.717) is 13.0 Å². The molecular formula is C17H21NO2. The number of hydrogen-bond acceptors (Lipinski definition) is 3. The summed E-state index contributed by atoms with van der Waals surface area (Å²) in [5.41, 5.74) is 1.91. The molecule has 1 aromatic carbocycles. The minimum absolute atomic E-state index is 0.0775. The second kappa shape index (κ2) is 7.04. The molecule has 0 N–H and O–H groups in total. The van der Waals surface area contributed by atoms with E-state index < -0.39 is 0 Å². The van der Waals surface area contributed by atoms with Crippen LogP contribution in [-0.4, -0.2) is 17.6 Å². The number of nitrogens with zero attached hydrogens (tertiary/aromatic N) is 1. The van der Waals surface area contributed by atoms with Crippen LogP contribution in [0, 0.1) is 0 Å². The predicted octanol–water partition coefficient (Wildman–Crippen LogP) is 4.07. The van der Waals surface area contributed by atoms with Crippen molar-refractivity contribution >= 4 is 16.9 Å². The van der Waals surface area contributed by atoms with Crippen molar-refractivity contribution in [3.8, 4) is 0 Å². The zero-order valence-corrected chi connectivity index (χ0v) is 12.1. The van der Waals surface area contributed by atoms with Crippen LogP contribution in [0.4, 0.5) is 0 Å². The Morgan fingerprint density at radius 3 is 2.85 bits per heavy atom. The zero-order chi connectivity index (χ0) is 14.4. The topological polar surface area (TPSA) is 39.2 Å². The van der Waals surface area contributed by atoms with Crippen LogP contribution >= 0.6 is 0 Å². The van der Waals surface area contributed by atoms with E-state index in [-0.39, 0.29) is 11.9 Å². The maximum Gasteiger partial charge on any atom is 0.306 e. The van der Waals surface area contributed by atoms with Gasteiger partial charge in [0.2, 0.25) is 0 Å². The van der Waals surface area contributed by atoms with Crippen molar-refractivity contribution in [2.24, 2.45) is 0 Å². The number of esters is 1. The summed E-state index contributed by atoms with van der Waals surface area (Å²) in [7, 11) is 0. The molecule has 1 unspecified atom stereocenters. The van der Waals surface area contributed by atoms with Gasteiger partial charge in [0.1, 0.15) is 0 Å². The summed E-state index contributed by atoms with van der Waals surface area (Å²) in [5.74, 6) is -0.0605. The van der Waals surface area contributed by atoms with Crippen LogP contribution in [0.2, 0.25) is 0 Å². The average Bonchev–Trinajstić information content (AvgIpc) is 2.47. The van der Waals surface area contributed by atoms with Gasteiger partial charge in [0, 0.05) is 17.0 Å². The van der Waals surface area contributed by atoms with E-state index in [9.17, 15) is 4.79 Å². The largest absolute Gasteiger partial charge is 0.466 e. The van der Waals surface area contributed by atoms with E-state index in [4.69, 9.17) is 4.74 Å². The molecule has 0 bridgehead atoms. The molecule has 1 atom stereocenters. The Labute approximate surface area is 120 Å². The predicted molar refractivity (Wildman–Crippen MR) is 80.6 cm³/mol. The lowest BCUT2D eigenvalue weighted by atomic mass is 10.0. The van der Waals surface area contributed by atoms with E-state index in [1.54, 1.807) is 0 Å². The van der Waals surface area contributed by atoms with E-state index >= 15 is 0 Å². The van der Waals surface area contributed by atoms with E-state index in [2.05, 4.69) is 18.0 Å². The number of para-hydroxylation sites is 1. The maximum atomic E-state index is 11.7. The fraction of sp³-hybridized carbons (Fsp3) is 0.412. The van der Waals surface area contributed by atoms with Gasteiger partial charge >= 0.3 is 5.97 Å². The third-order valence-corrected chi connectivity index (χ3v) is 3.36. The molecule has 0 saturated carbocycles. The van der Waals surface area contributed by atoms with Crippen LogP contribution in [0.5, 0.6) is 0 Å². The highest BCUT2D eigenvalue weighted by Crippen LogP contribution is 2.21. The smallest absolute Gasteiger partial charge is 0.306 e. The molecule has 3 heteroatoms. The quantitative estimate of drug-likeness (QED) is 0.587. The number of hydrogen-bond donors (Lipinski definition) is 0. The lowest BCUT2D eigenvalue weighted by molar-refractivity contribution is -0.144. The molecule has 0 aliphatic rings. The van der Waals surface area contributed by atoms with Gasteiger partial charge in [-0.1, -0.05) is 44.5 Å². The van der Waals surface area contributed by atoms with Crippen LogP contribution in [0.25, 0.3) is 10.9 Å². The molecule has 2 rings (SSSR count). The standard InChI is InChI=1S/C17H21NO2/c1-3-4-11-20-17(19)12-13(2)15-10-9-14-7-5-6-8-16(14)18-15/h5-10,13H,3-4,11-12H2,1-2H3. The van der Waals surface area contributed by atoms with Gasteiger partial charge < -0.3 is 4.74 Å². The molecular weight excluding hydrogens is 250 g/mol. The summed E-state index contributed by atoms with van der Waals surface area (Å²) in [5, 5.41) is 1.12. The number of ether oxygens (including phenoxy) is 1. The third kappa shape index (κ3) is 3.80. The fourth-order valence-electron chi connectivity index (χ4n) is 2.10. The van der Waals surface area contributed by atoms with Gasteiger partial charge in [-0.15, -0.1) is 0 Å². The van der Waals surface area contributed by atoms with Crippen molar-refractivity contribution in [2.75, 3.05) is 6.61 Å². The van der Waals surface area contributed by atoms with Crippen molar-refractivity contribution < 1.29 is 9.53 Å². The van der Waals surface area contributed by atoms with Gasteiger partial charge in [-0.05, 0) is 18.6 Å². The minimum Gasteiger partial charge on any atom is -0.466 e. The van der Waals surface area contributed by atoms with Crippen molar-refractivity contribution in [3.05, 3.63) is 42.1 Å². The van der Waals surface area contributed by atoms with Crippen LogP contribution in [-0.2, 0) is 9.53 Å². The summed E-state index contributed by atoms with van der Waals surface area (Å²) in [6, 6.07) is 12.0. The first kappa shape index (κ1) is 14.5. The minimum atomic E-state index is -0.138. The number of unbranched alkanes of at least 4 members (excludes halogenated alkanes) is 1. The lowest BCUT2D eigenvalue weighted by Gasteiger charge is -2.11. The Balaban J connectivity index is 2.00. The van der Waals surface area contributed by atoms with Crippen LogP contribution in [0.3, 0.4) is 0 Å². The normalized spacial score (nSPS) is 12.3. The first-order valence-electron chi connectivity index (χ1n) is 7.22. The fourth-order valence-corrected chi connectivity index (χ4v) is 2.10. The lowest BCUT2D eigenvalue weighted by Crippen LogP contribution is -2.10. The number of benzene rings is 1. The van der Waals surface area contributed by atoms with Crippen molar-refractivity contribution in [2.45, 2.75) is 39.0 Å². The first-order chi connectivity index (χ1) is 9.70. The molecule has 2 aromatic rings. The van der Waals surface area contributed by atoms with Gasteiger partial charge in [0.05, 0.1) is 18.5 Å². The summed E-state index contributed by atoms with van der Waals surface area (Å²) in [6.07, 6.45) is 2.35. The van der Waals surface area contributed by atoms with E-state index in [1.807, 2.05) is 37.3 Å². The number of aromatic nitrogens is 1. The molecule has 3 nitrogen and oxygen atoms in total. The van der Waals surface area contributed by atoms with Gasteiger partial charge in [0.15, 0.2) is 0 Å². The molecule has 1 aromatic heterocycles. The number of carbonyl (C=O) groups excluding carboxylic acids is 1. The molecule has 1 heterocycles. The average molecular weight is 271 g/mol. The van der Waals surface area contributed by atoms with Crippen molar-refractivity contribution in [1.82, 2.24) is 4.98 Å². The number of pyridine rings is 1. The Hall–Kier alpha value is -1.90. The van der Waals surface area contributed by atoms with Gasteiger partial charge in [0.25, 0.3) is 0 Å². The first-order valence-corrected chi connectivity index (χ1v) is 7.22. The molecule has 0 radical (unpaired) electrons. The van der Waals surface area contributed by atoms with Crippen LogP contribution in [0.1, 0.15) is 44.7 Å². The van der Waals surface area contributed by atoms with Crippen LogP contribution < -0.4 is 0 Å². The monoisotopic (exact) mass is 271 g/mol. The summed E-state index contributed by atoms with van der Waals surface area (Å²) in [4.78, 5) is 16.3. The number of carbonyl (C=O) groups is 1. The molecule has 0 aliphatic heterocycles. The van der Waals surface area contributed by atoms with Gasteiger partial charge in [-0.25, -0.2) is 0 Å². The van der Waals surface area contributed by atoms with Gasteiger partial charge in [-0.2, -0.15) is 0 Å². The highest BCUT2D eigenvalue weighted by Gasteiger charge is 2.13. The molecule has 106 valence electrons. The SMILES string of the molecule is CCCCOC(=O)CC(C)c1ccc2ccccc2n1. The molecule has 0 saturated heterocycles. The highest BCUT2D eigenvalue weighted by molar-refractivity contribution is 5.78. The van der Waals surface area contributed by atoms with E-state index in [0.717, 1.165) is 29.4 Å². The van der Waals surface area contributed by atoms with Crippen molar-refractivity contribution in [1.29, 1.82) is 0 Å². The number of rotatable bonds is 6. The number of fused-ring (bicyclic) bond motifs is 1. The summed E-state index contributed by atoms with van der Waals surface area (Å²) < 4.78 is 5.20. The molecule has 0 amide bonds. The molecule has 0 fully saturated rings. The Morgan fingerprint density at radius 2 is 2.05 bits per heavy atom. The zero-order valence-electron chi connectivity index (χ0n) is 12.1. The second-order valence-electron chi connectivity index (χ2n) is 5.11. The molecule has 0 aliphatic carbocycles. The van der Waals surface area contributed by atoms with Crippen LogP contribution in [0.15, 0.2) is 36.4 Å². The Bertz CT molecular complexity index is 580. The second-order valence-corrected chi connectivity index (χ2v) is 5.11. The summed E-state index contributed by atoms with van der Waals surface area (Å²) >= 11 is 0. The Kier molecular flexibility index (Phi) is 5.10. The summed E-state index contributed by atoms with van der Waals surface area (Å²) in [6.45, 7) is 4.61. The maximum absolute atomic E-state index is 11.7. The Morgan fingerprint density at radius 1 is 1.25 bits per heavy atom. The molecule has 0 spiro atoms. The highest BCUT2D eigenvalue weighted by atomic mass is 16.5. The van der Waals surface area contributed by atoms with Gasteiger partial charge in [-0.3, -0.25) is 9.78 Å². The third-order valence-electron chi connectivity index (χ3n) is 3.36. The molecule has 20 heavy (non-hydrogen) atoms. The van der Waals surface area contributed by atoms with E-state index in [1.165, 1.54) is 0 Å².